The highest BCUT2D eigenvalue weighted by molar-refractivity contribution is 5.77. The highest BCUT2D eigenvalue weighted by Crippen LogP contribution is 2.11. The van der Waals surface area contributed by atoms with E-state index in [0.29, 0.717) is 18.9 Å². The molecular formula is C14H22N2O3. The average molecular weight is 266 g/mol. The van der Waals surface area contributed by atoms with E-state index in [1.54, 1.807) is 7.11 Å². The number of nitrogens with one attached hydrogen (secondary N) is 2. The fourth-order valence-corrected chi connectivity index (χ4v) is 1.49. The summed E-state index contributed by atoms with van der Waals surface area (Å²) in [6, 6.07) is 7.63. The third kappa shape index (κ3) is 7.43. The number of carbonyl (C=O) groups is 1. The van der Waals surface area contributed by atoms with Gasteiger partial charge in [-0.15, -0.1) is 0 Å². The Morgan fingerprint density at radius 1 is 1.26 bits per heavy atom. The summed E-state index contributed by atoms with van der Waals surface area (Å²) >= 11 is 0. The fraction of sp³-hybridized carbons (Fsp3) is 0.500. The van der Waals surface area contributed by atoms with Crippen LogP contribution < -0.4 is 15.4 Å². The van der Waals surface area contributed by atoms with Gasteiger partial charge in [0.2, 0.25) is 0 Å². The lowest BCUT2D eigenvalue weighted by Gasteiger charge is -2.08. The van der Waals surface area contributed by atoms with Crippen molar-refractivity contribution in [2.75, 3.05) is 40.0 Å². The molecule has 5 nitrogen and oxygen atoms in total. The van der Waals surface area contributed by atoms with E-state index in [1.165, 1.54) is 0 Å². The van der Waals surface area contributed by atoms with Gasteiger partial charge >= 0.3 is 0 Å². The van der Waals surface area contributed by atoms with Gasteiger partial charge in [0.1, 0.15) is 5.75 Å². The number of methoxy groups -OCH3 is 1. The molecule has 0 saturated heterocycles. The number of benzene rings is 1. The number of hydrogen-bond acceptors (Lipinski definition) is 4. The molecule has 0 radical (unpaired) electrons. The van der Waals surface area contributed by atoms with Crippen molar-refractivity contribution in [1.82, 2.24) is 10.6 Å². The fourth-order valence-electron chi connectivity index (χ4n) is 1.49. The van der Waals surface area contributed by atoms with Crippen molar-refractivity contribution < 1.29 is 14.3 Å². The van der Waals surface area contributed by atoms with Crippen molar-refractivity contribution in [2.45, 2.75) is 6.92 Å². The molecule has 19 heavy (non-hydrogen) atoms. The molecule has 106 valence electrons. The molecule has 0 aliphatic rings. The van der Waals surface area contributed by atoms with Gasteiger partial charge in [-0.2, -0.15) is 0 Å². The molecule has 0 aromatic heterocycles. The molecule has 1 amide bonds. The molecule has 0 aliphatic carbocycles. The second-order valence-corrected chi connectivity index (χ2v) is 4.20. The van der Waals surface area contributed by atoms with Crippen LogP contribution in [0.4, 0.5) is 0 Å². The highest BCUT2D eigenvalue weighted by Gasteiger charge is 2.01. The summed E-state index contributed by atoms with van der Waals surface area (Å²) in [7, 11) is 1.66. The first-order valence-electron chi connectivity index (χ1n) is 6.38. The van der Waals surface area contributed by atoms with Crippen molar-refractivity contribution in [3.05, 3.63) is 29.8 Å². The predicted octanol–water partition coefficient (Wildman–Crippen LogP) is 0.726. The molecule has 0 fully saturated rings. The summed E-state index contributed by atoms with van der Waals surface area (Å²) < 4.78 is 10.3. The van der Waals surface area contributed by atoms with Gasteiger partial charge in [-0.05, 0) is 24.6 Å². The lowest BCUT2D eigenvalue weighted by atomic mass is 10.2. The molecule has 0 atom stereocenters. The van der Waals surface area contributed by atoms with Crippen LogP contribution in [0.1, 0.15) is 5.56 Å². The zero-order valence-electron chi connectivity index (χ0n) is 11.6. The van der Waals surface area contributed by atoms with E-state index >= 15 is 0 Å². The number of carbonyl (C=O) groups excluding carboxylic acids is 1. The Bertz CT molecular complexity index is 383. The van der Waals surface area contributed by atoms with Crippen molar-refractivity contribution in [3.63, 3.8) is 0 Å². The lowest BCUT2D eigenvalue weighted by molar-refractivity contribution is -0.123. The minimum Gasteiger partial charge on any atom is -0.484 e. The summed E-state index contributed by atoms with van der Waals surface area (Å²) in [4.78, 5) is 11.5. The van der Waals surface area contributed by atoms with E-state index in [2.05, 4.69) is 10.6 Å². The van der Waals surface area contributed by atoms with E-state index in [4.69, 9.17) is 9.47 Å². The summed E-state index contributed by atoms with van der Waals surface area (Å²) in [5.74, 6) is 0.600. The third-order valence-corrected chi connectivity index (χ3v) is 2.47. The zero-order chi connectivity index (χ0) is 13.9. The van der Waals surface area contributed by atoms with Gasteiger partial charge in [0.15, 0.2) is 6.61 Å². The SMILES string of the molecule is COCCNCCNC(=O)COc1cccc(C)c1. The molecule has 1 rings (SSSR count). The molecule has 0 bridgehead atoms. The number of amides is 1. The minimum absolute atomic E-state index is 0.0432. The molecule has 0 unspecified atom stereocenters. The van der Waals surface area contributed by atoms with Gasteiger partial charge in [0, 0.05) is 26.7 Å². The topological polar surface area (TPSA) is 59.6 Å². The first-order valence-corrected chi connectivity index (χ1v) is 6.38. The van der Waals surface area contributed by atoms with Crippen LogP contribution in [0.3, 0.4) is 0 Å². The summed E-state index contributed by atoms with van der Waals surface area (Å²) in [6.45, 7) is 4.79. The lowest BCUT2D eigenvalue weighted by Crippen LogP contribution is -2.35. The Kier molecular flexibility index (Phi) is 7.62. The van der Waals surface area contributed by atoms with Crippen LogP contribution in [-0.4, -0.2) is 45.9 Å². The predicted molar refractivity (Wildman–Crippen MR) is 74.4 cm³/mol. The summed E-state index contributed by atoms with van der Waals surface area (Å²) in [5, 5.41) is 5.92. The first-order chi connectivity index (χ1) is 9.22. The van der Waals surface area contributed by atoms with Gasteiger partial charge in [-0.1, -0.05) is 12.1 Å². The molecule has 0 aliphatic heterocycles. The standard InChI is InChI=1S/C14H22N2O3/c1-12-4-3-5-13(10-12)19-11-14(17)16-7-6-15-8-9-18-2/h3-5,10,15H,6-9,11H2,1-2H3,(H,16,17). The van der Waals surface area contributed by atoms with Crippen LogP contribution in [0.15, 0.2) is 24.3 Å². The maximum atomic E-state index is 11.5. The Hall–Kier alpha value is -1.59. The van der Waals surface area contributed by atoms with Gasteiger partial charge in [0.05, 0.1) is 6.61 Å². The zero-order valence-corrected chi connectivity index (χ0v) is 11.6. The molecule has 1 aromatic rings. The van der Waals surface area contributed by atoms with E-state index < -0.39 is 0 Å². The van der Waals surface area contributed by atoms with Crippen molar-refractivity contribution in [2.24, 2.45) is 0 Å². The Labute approximate surface area is 114 Å². The molecule has 1 aromatic carbocycles. The maximum absolute atomic E-state index is 11.5. The summed E-state index contributed by atoms with van der Waals surface area (Å²) in [5.41, 5.74) is 1.11. The van der Waals surface area contributed by atoms with Crippen molar-refractivity contribution in [3.8, 4) is 5.75 Å². The largest absolute Gasteiger partial charge is 0.484 e. The molecule has 0 spiro atoms. The van der Waals surface area contributed by atoms with Crippen LogP contribution in [0.5, 0.6) is 5.75 Å². The van der Waals surface area contributed by atoms with E-state index in [9.17, 15) is 4.79 Å². The van der Waals surface area contributed by atoms with Crippen LogP contribution >= 0.6 is 0 Å². The van der Waals surface area contributed by atoms with Gasteiger partial charge in [0.25, 0.3) is 5.91 Å². The van der Waals surface area contributed by atoms with E-state index in [1.807, 2.05) is 31.2 Å². The van der Waals surface area contributed by atoms with Gasteiger partial charge < -0.3 is 20.1 Å². The average Bonchev–Trinajstić information content (AvgIpc) is 2.40. The smallest absolute Gasteiger partial charge is 0.257 e. The second-order valence-electron chi connectivity index (χ2n) is 4.20. The Morgan fingerprint density at radius 3 is 2.84 bits per heavy atom. The van der Waals surface area contributed by atoms with E-state index in [-0.39, 0.29) is 12.5 Å². The third-order valence-electron chi connectivity index (χ3n) is 2.47. The normalized spacial score (nSPS) is 10.2. The monoisotopic (exact) mass is 266 g/mol. The van der Waals surface area contributed by atoms with Crippen molar-refractivity contribution in [1.29, 1.82) is 0 Å². The molecule has 0 heterocycles. The van der Waals surface area contributed by atoms with Crippen LogP contribution in [0, 0.1) is 6.92 Å². The Morgan fingerprint density at radius 2 is 2.11 bits per heavy atom. The number of hydrogen-bond donors (Lipinski definition) is 2. The Balaban J connectivity index is 2.08. The van der Waals surface area contributed by atoms with Crippen LogP contribution in [0.2, 0.25) is 0 Å². The van der Waals surface area contributed by atoms with E-state index in [0.717, 1.165) is 18.7 Å². The van der Waals surface area contributed by atoms with Gasteiger partial charge in [-0.3, -0.25) is 4.79 Å². The number of aryl methyl sites for hydroxylation is 1. The molecule has 2 N–H and O–H groups in total. The summed E-state index contributed by atoms with van der Waals surface area (Å²) in [6.07, 6.45) is 0. The minimum atomic E-state index is -0.116. The molecule has 5 heteroatoms. The molecule has 0 saturated carbocycles. The maximum Gasteiger partial charge on any atom is 0.257 e. The number of ether oxygens (including phenoxy) is 2. The van der Waals surface area contributed by atoms with Gasteiger partial charge in [-0.25, -0.2) is 0 Å². The first kappa shape index (κ1) is 15.5. The second kappa shape index (κ2) is 9.35. The van der Waals surface area contributed by atoms with Crippen LogP contribution in [0.25, 0.3) is 0 Å². The highest BCUT2D eigenvalue weighted by atomic mass is 16.5. The molecular weight excluding hydrogens is 244 g/mol. The quantitative estimate of drug-likeness (QED) is 0.647. The van der Waals surface area contributed by atoms with Crippen LogP contribution in [-0.2, 0) is 9.53 Å². The number of rotatable bonds is 9. The van der Waals surface area contributed by atoms with Crippen molar-refractivity contribution >= 4 is 5.91 Å².